The van der Waals surface area contributed by atoms with Crippen LogP contribution in [0.2, 0.25) is 0 Å². The molecule has 0 radical (unpaired) electrons. The van der Waals surface area contributed by atoms with Gasteiger partial charge in [0, 0.05) is 12.8 Å². The average Bonchev–Trinajstić information content (AvgIpc) is 2.24. The Morgan fingerprint density at radius 1 is 0.778 bits per heavy atom. The Bertz CT molecular complexity index is 367. The normalized spacial score (nSPS) is 10.2. The molecule has 100 valence electrons. The van der Waals surface area contributed by atoms with Crippen LogP contribution in [0.25, 0.3) is 0 Å². The fraction of sp³-hybridized carbons (Fsp3) is 0.615. The summed E-state index contributed by atoms with van der Waals surface area (Å²) in [5.74, 6) is -2.88. The van der Waals surface area contributed by atoms with E-state index in [1.165, 1.54) is 13.8 Å². The van der Waals surface area contributed by atoms with Crippen LogP contribution in [0.5, 0.6) is 0 Å². The third kappa shape index (κ3) is 6.18. The monoisotopic (exact) mass is 254 g/mol. The van der Waals surface area contributed by atoms with Gasteiger partial charge in [-0.1, -0.05) is 6.92 Å². The molecule has 0 unspecified atom stereocenters. The summed E-state index contributed by atoms with van der Waals surface area (Å²) in [6.07, 6.45) is -0.643. The Morgan fingerprint density at radius 2 is 1.22 bits per heavy atom. The quantitative estimate of drug-likeness (QED) is 0.574. The highest BCUT2D eigenvalue weighted by molar-refractivity contribution is 6.10. The van der Waals surface area contributed by atoms with E-state index in [1.54, 1.807) is 6.92 Å². The molecule has 0 saturated heterocycles. The van der Waals surface area contributed by atoms with Gasteiger partial charge in [0.1, 0.15) is 28.9 Å². The highest BCUT2D eigenvalue weighted by Gasteiger charge is 2.24. The number of carbonyl (C=O) groups is 5. The summed E-state index contributed by atoms with van der Waals surface area (Å²) in [5, 5.41) is 0. The van der Waals surface area contributed by atoms with Crippen molar-refractivity contribution in [3.63, 3.8) is 0 Å². The minimum absolute atomic E-state index is 0.220. The molecule has 0 saturated carbocycles. The molecule has 0 N–H and O–H groups in total. The number of rotatable bonds is 9. The molecule has 5 heteroatoms. The maximum atomic E-state index is 11.5. The van der Waals surface area contributed by atoms with Crippen molar-refractivity contribution in [1.82, 2.24) is 0 Å². The Kier molecular flexibility index (Phi) is 6.93. The number of hydrogen-bond donors (Lipinski definition) is 0. The first kappa shape index (κ1) is 16.4. The summed E-state index contributed by atoms with van der Waals surface area (Å²) in [7, 11) is 0. The minimum atomic E-state index is -0.966. The predicted molar refractivity (Wildman–Crippen MR) is 64.0 cm³/mol. The zero-order chi connectivity index (χ0) is 14.3. The van der Waals surface area contributed by atoms with Crippen molar-refractivity contribution in [2.24, 2.45) is 5.92 Å². The largest absolute Gasteiger partial charge is 0.299 e. The maximum Gasteiger partial charge on any atom is 0.147 e. The molecule has 0 spiro atoms. The summed E-state index contributed by atoms with van der Waals surface area (Å²) in [6, 6.07) is 0. The molecule has 0 heterocycles. The van der Waals surface area contributed by atoms with Gasteiger partial charge in [0.15, 0.2) is 0 Å². The lowest BCUT2D eigenvalue weighted by atomic mass is 9.92. The van der Waals surface area contributed by atoms with Gasteiger partial charge >= 0.3 is 0 Å². The first-order chi connectivity index (χ1) is 8.27. The zero-order valence-corrected chi connectivity index (χ0v) is 10.9. The Morgan fingerprint density at radius 3 is 1.61 bits per heavy atom. The molecular weight excluding hydrogens is 236 g/mol. The molecule has 5 nitrogen and oxygen atoms in total. The second-order valence-electron chi connectivity index (χ2n) is 4.30. The molecule has 0 rings (SSSR count). The molecule has 18 heavy (non-hydrogen) atoms. The Labute approximate surface area is 106 Å². The molecular formula is C13H18O5. The van der Waals surface area contributed by atoms with E-state index < -0.39 is 17.5 Å². The standard InChI is InChI=1S/C13H18O5/c1-4-10(16)5-11(17)6-12(18)7-13(8(2)14)9(3)15/h13H,4-7H2,1-3H3. The van der Waals surface area contributed by atoms with Gasteiger partial charge in [-0.3, -0.25) is 24.0 Å². The number of hydrogen-bond acceptors (Lipinski definition) is 5. The third-order valence-electron chi connectivity index (χ3n) is 2.60. The van der Waals surface area contributed by atoms with E-state index in [4.69, 9.17) is 0 Å². The number of Topliss-reactive ketones (excluding diaryl/α,β-unsaturated/α-hetero) is 5. The Balaban J connectivity index is 4.33. The fourth-order valence-corrected chi connectivity index (χ4v) is 1.50. The van der Waals surface area contributed by atoms with Gasteiger partial charge in [-0.2, -0.15) is 0 Å². The van der Waals surface area contributed by atoms with Crippen molar-refractivity contribution < 1.29 is 24.0 Å². The van der Waals surface area contributed by atoms with Gasteiger partial charge < -0.3 is 0 Å². The molecule has 0 fully saturated rings. The average molecular weight is 254 g/mol. The van der Waals surface area contributed by atoms with Crippen molar-refractivity contribution in [2.75, 3.05) is 0 Å². The highest BCUT2D eigenvalue weighted by Crippen LogP contribution is 2.09. The van der Waals surface area contributed by atoms with E-state index in [1.807, 2.05) is 0 Å². The van der Waals surface area contributed by atoms with E-state index in [-0.39, 0.29) is 43.0 Å². The lowest BCUT2D eigenvalue weighted by Gasteiger charge is -2.08. The molecule has 0 aliphatic heterocycles. The van der Waals surface area contributed by atoms with Gasteiger partial charge in [-0.05, 0) is 13.8 Å². The summed E-state index contributed by atoms with van der Waals surface area (Å²) in [6.45, 7) is 4.11. The topological polar surface area (TPSA) is 85.3 Å². The molecule has 0 aromatic rings. The summed E-state index contributed by atoms with van der Waals surface area (Å²) in [5.41, 5.74) is 0. The van der Waals surface area contributed by atoms with E-state index in [9.17, 15) is 24.0 Å². The third-order valence-corrected chi connectivity index (χ3v) is 2.60. The molecule has 0 amide bonds. The second-order valence-corrected chi connectivity index (χ2v) is 4.30. The first-order valence-corrected chi connectivity index (χ1v) is 5.83. The zero-order valence-electron chi connectivity index (χ0n) is 10.9. The van der Waals surface area contributed by atoms with E-state index in [2.05, 4.69) is 0 Å². The van der Waals surface area contributed by atoms with Crippen LogP contribution in [-0.2, 0) is 24.0 Å². The summed E-state index contributed by atoms with van der Waals surface area (Å²) >= 11 is 0. The lowest BCUT2D eigenvalue weighted by molar-refractivity contribution is -0.136. The van der Waals surface area contributed by atoms with Crippen LogP contribution in [0, 0.1) is 5.92 Å². The first-order valence-electron chi connectivity index (χ1n) is 5.83. The van der Waals surface area contributed by atoms with Gasteiger partial charge in [0.2, 0.25) is 0 Å². The van der Waals surface area contributed by atoms with Gasteiger partial charge in [0.25, 0.3) is 0 Å². The van der Waals surface area contributed by atoms with Crippen LogP contribution >= 0.6 is 0 Å². The molecule has 0 aromatic carbocycles. The van der Waals surface area contributed by atoms with E-state index in [0.717, 1.165) is 0 Å². The van der Waals surface area contributed by atoms with Crippen molar-refractivity contribution in [1.29, 1.82) is 0 Å². The van der Waals surface area contributed by atoms with Gasteiger partial charge in [0.05, 0.1) is 18.8 Å². The molecule has 0 aliphatic rings. The van der Waals surface area contributed by atoms with Gasteiger partial charge in [-0.15, -0.1) is 0 Å². The van der Waals surface area contributed by atoms with E-state index >= 15 is 0 Å². The highest BCUT2D eigenvalue weighted by atomic mass is 16.2. The molecule has 0 aromatic heterocycles. The van der Waals surface area contributed by atoms with Crippen molar-refractivity contribution in [2.45, 2.75) is 46.5 Å². The molecule has 0 aliphatic carbocycles. The Hall–Kier alpha value is -1.65. The lowest BCUT2D eigenvalue weighted by Crippen LogP contribution is -2.24. The van der Waals surface area contributed by atoms with Crippen LogP contribution < -0.4 is 0 Å². The smallest absolute Gasteiger partial charge is 0.147 e. The van der Waals surface area contributed by atoms with Crippen molar-refractivity contribution >= 4 is 28.9 Å². The van der Waals surface area contributed by atoms with Crippen molar-refractivity contribution in [3.05, 3.63) is 0 Å². The van der Waals surface area contributed by atoms with Crippen LogP contribution in [0.3, 0.4) is 0 Å². The van der Waals surface area contributed by atoms with Crippen LogP contribution in [0.15, 0.2) is 0 Å². The van der Waals surface area contributed by atoms with Crippen LogP contribution in [0.4, 0.5) is 0 Å². The maximum absolute atomic E-state index is 11.5. The fourth-order valence-electron chi connectivity index (χ4n) is 1.50. The van der Waals surface area contributed by atoms with Gasteiger partial charge in [-0.25, -0.2) is 0 Å². The summed E-state index contributed by atoms with van der Waals surface area (Å²) in [4.78, 5) is 56.1. The number of ketones is 5. The van der Waals surface area contributed by atoms with Crippen LogP contribution in [0.1, 0.15) is 46.5 Å². The minimum Gasteiger partial charge on any atom is -0.299 e. The molecule has 0 atom stereocenters. The second kappa shape index (κ2) is 7.63. The van der Waals surface area contributed by atoms with Crippen molar-refractivity contribution in [3.8, 4) is 0 Å². The summed E-state index contributed by atoms with van der Waals surface area (Å²) < 4.78 is 0. The number of carbonyl (C=O) groups excluding carboxylic acids is 5. The molecule has 0 bridgehead atoms. The van der Waals surface area contributed by atoms with E-state index in [0.29, 0.717) is 0 Å². The van der Waals surface area contributed by atoms with Crippen LogP contribution in [-0.4, -0.2) is 28.9 Å². The predicted octanol–water partition coefficient (Wildman–Crippen LogP) is 1.07. The SMILES string of the molecule is CCC(=O)CC(=O)CC(=O)CC(C(C)=O)C(C)=O.